The summed E-state index contributed by atoms with van der Waals surface area (Å²) in [7, 11) is 4.05. The van der Waals surface area contributed by atoms with Gasteiger partial charge in [-0.1, -0.05) is 12.1 Å². The zero-order chi connectivity index (χ0) is 25.5. The van der Waals surface area contributed by atoms with Crippen molar-refractivity contribution in [2.75, 3.05) is 32.6 Å². The summed E-state index contributed by atoms with van der Waals surface area (Å²) in [6, 6.07) is 12.5. The van der Waals surface area contributed by atoms with E-state index in [0.717, 1.165) is 35.4 Å². The van der Waals surface area contributed by atoms with Crippen molar-refractivity contribution in [2.45, 2.75) is 18.9 Å². The number of fused-ring (bicyclic) bond motifs is 2. The molecule has 0 aliphatic carbocycles. The van der Waals surface area contributed by atoms with Crippen molar-refractivity contribution in [3.05, 3.63) is 88.5 Å². The molecule has 2 N–H and O–H groups in total. The van der Waals surface area contributed by atoms with E-state index in [9.17, 15) is 9.18 Å². The summed E-state index contributed by atoms with van der Waals surface area (Å²) in [6.07, 6.45) is 5.96. The third kappa shape index (κ3) is 4.36. The van der Waals surface area contributed by atoms with Crippen molar-refractivity contribution < 1.29 is 9.13 Å². The third-order valence-corrected chi connectivity index (χ3v) is 6.80. The van der Waals surface area contributed by atoms with Crippen LogP contribution in [0, 0.1) is 5.82 Å². The van der Waals surface area contributed by atoms with E-state index in [1.54, 1.807) is 18.6 Å². The highest BCUT2D eigenvalue weighted by molar-refractivity contribution is 6.03. The number of hydrogen-bond acceptors (Lipinski definition) is 6. The normalized spacial score (nSPS) is 15.7. The first-order chi connectivity index (χ1) is 18.0. The van der Waals surface area contributed by atoms with Gasteiger partial charge >= 0.3 is 0 Å². The lowest BCUT2D eigenvalue weighted by atomic mass is 9.96. The molecule has 0 radical (unpaired) electrons. The molecule has 0 amide bonds. The van der Waals surface area contributed by atoms with Gasteiger partial charge in [-0.15, -0.1) is 0 Å². The average molecular weight is 499 g/mol. The van der Waals surface area contributed by atoms with E-state index in [4.69, 9.17) is 9.72 Å². The summed E-state index contributed by atoms with van der Waals surface area (Å²) < 4.78 is 21.1. The van der Waals surface area contributed by atoms with Gasteiger partial charge in [-0.3, -0.25) is 9.20 Å². The first-order valence-electron chi connectivity index (χ1n) is 12.2. The standard InChI is InChI=1S/C28H27FN6O2/c1-34(2)15-23-19(17-9-12-37-16-17)4-6-25(33-23)32-22-5-3-20(21-7-10-30-28(36)27(21)22)24-14-31-26-13-18(29)8-11-35(24)26/h3-8,10-11,13-14,17H,9,12,15-16H2,1-2H3,(H,30,36)(H,32,33)/t17-/m1/s1. The van der Waals surface area contributed by atoms with E-state index in [-0.39, 0.29) is 11.4 Å². The quantitative estimate of drug-likeness (QED) is 0.353. The second kappa shape index (κ2) is 9.42. The molecule has 1 saturated heterocycles. The number of aromatic amines is 1. The van der Waals surface area contributed by atoms with Crippen LogP contribution in [0.1, 0.15) is 23.6 Å². The van der Waals surface area contributed by atoms with E-state index in [1.807, 2.05) is 42.8 Å². The van der Waals surface area contributed by atoms with Crippen LogP contribution in [0.15, 0.2) is 65.8 Å². The Morgan fingerprint density at radius 1 is 1.22 bits per heavy atom. The van der Waals surface area contributed by atoms with Crippen LogP contribution in [0.3, 0.4) is 0 Å². The predicted molar refractivity (Wildman–Crippen MR) is 142 cm³/mol. The minimum absolute atomic E-state index is 0.213. The summed E-state index contributed by atoms with van der Waals surface area (Å²) in [5, 5.41) is 4.66. The molecule has 5 heterocycles. The van der Waals surface area contributed by atoms with Crippen LogP contribution >= 0.6 is 0 Å². The molecule has 5 aromatic rings. The fraction of sp³-hybridized carbons (Fsp3) is 0.250. The Balaban J connectivity index is 1.43. The topological polar surface area (TPSA) is 87.6 Å². The molecule has 188 valence electrons. The molecule has 0 bridgehead atoms. The average Bonchev–Trinajstić information content (AvgIpc) is 3.54. The highest BCUT2D eigenvalue weighted by Crippen LogP contribution is 2.34. The van der Waals surface area contributed by atoms with Crippen LogP contribution in [0.4, 0.5) is 15.9 Å². The number of H-pyrrole nitrogens is 1. The van der Waals surface area contributed by atoms with Gasteiger partial charge in [-0.05, 0) is 50.3 Å². The summed E-state index contributed by atoms with van der Waals surface area (Å²) in [5.74, 6) is 0.665. The third-order valence-electron chi connectivity index (χ3n) is 6.80. The Kier molecular flexibility index (Phi) is 5.94. The monoisotopic (exact) mass is 498 g/mol. The maximum Gasteiger partial charge on any atom is 0.257 e. The number of rotatable bonds is 6. The van der Waals surface area contributed by atoms with Crippen LogP contribution in [0.5, 0.6) is 0 Å². The highest BCUT2D eigenvalue weighted by Gasteiger charge is 2.22. The number of nitrogens with zero attached hydrogens (tertiary/aromatic N) is 4. The molecule has 1 aromatic carbocycles. The first kappa shape index (κ1) is 23.3. The molecule has 37 heavy (non-hydrogen) atoms. The molecular formula is C28H27FN6O2. The van der Waals surface area contributed by atoms with Gasteiger partial charge in [0.15, 0.2) is 0 Å². The molecule has 6 rings (SSSR count). The number of benzene rings is 1. The Bertz CT molecular complexity index is 1670. The molecule has 0 spiro atoms. The molecule has 1 aliphatic rings. The second-order valence-corrected chi connectivity index (χ2v) is 9.63. The van der Waals surface area contributed by atoms with Gasteiger partial charge in [-0.25, -0.2) is 14.4 Å². The molecular weight excluding hydrogens is 471 g/mol. The number of pyridine rings is 3. The summed E-state index contributed by atoms with van der Waals surface area (Å²) in [5.41, 5.74) is 4.74. The van der Waals surface area contributed by atoms with E-state index >= 15 is 0 Å². The van der Waals surface area contributed by atoms with Crippen molar-refractivity contribution in [2.24, 2.45) is 0 Å². The SMILES string of the molecule is CN(C)Cc1nc(Nc2ccc(-c3cnc4cc(F)ccn34)c3cc[nH]c(=O)c23)ccc1[C@@H]1CCOC1. The van der Waals surface area contributed by atoms with E-state index in [0.29, 0.717) is 41.6 Å². The number of ether oxygens (including phenoxy) is 1. The van der Waals surface area contributed by atoms with Gasteiger partial charge in [0.2, 0.25) is 0 Å². The van der Waals surface area contributed by atoms with Gasteiger partial charge in [-0.2, -0.15) is 0 Å². The van der Waals surface area contributed by atoms with Crippen LogP contribution < -0.4 is 10.9 Å². The molecule has 0 saturated carbocycles. The summed E-state index contributed by atoms with van der Waals surface area (Å²) in [6.45, 7) is 2.19. The van der Waals surface area contributed by atoms with Crippen molar-refractivity contribution in [1.29, 1.82) is 0 Å². The zero-order valence-electron chi connectivity index (χ0n) is 20.7. The van der Waals surface area contributed by atoms with Crippen LogP contribution in [0.25, 0.3) is 27.7 Å². The Hall–Kier alpha value is -4.08. The Morgan fingerprint density at radius 3 is 2.92 bits per heavy atom. The minimum atomic E-state index is -0.349. The number of anilines is 2. The Labute approximate surface area is 212 Å². The zero-order valence-corrected chi connectivity index (χ0v) is 20.7. The molecule has 4 aromatic heterocycles. The smallest absolute Gasteiger partial charge is 0.257 e. The summed E-state index contributed by atoms with van der Waals surface area (Å²) >= 11 is 0. The number of hydrogen-bond donors (Lipinski definition) is 2. The van der Waals surface area contributed by atoms with Gasteiger partial charge < -0.3 is 19.9 Å². The summed E-state index contributed by atoms with van der Waals surface area (Å²) in [4.78, 5) is 27.2. The maximum atomic E-state index is 13.7. The molecule has 0 unspecified atom stereocenters. The molecule has 9 heteroatoms. The fourth-order valence-electron chi connectivity index (χ4n) is 5.09. The number of halogens is 1. The number of nitrogens with one attached hydrogen (secondary N) is 2. The van der Waals surface area contributed by atoms with E-state index in [1.165, 1.54) is 17.7 Å². The van der Waals surface area contributed by atoms with Gasteiger partial charge in [0.05, 0.1) is 35.3 Å². The van der Waals surface area contributed by atoms with Crippen LogP contribution in [0.2, 0.25) is 0 Å². The lowest BCUT2D eigenvalue weighted by Crippen LogP contribution is -2.16. The Morgan fingerprint density at radius 2 is 2.11 bits per heavy atom. The molecule has 1 aliphatic heterocycles. The predicted octanol–water partition coefficient (Wildman–Crippen LogP) is 4.69. The largest absolute Gasteiger partial charge is 0.381 e. The lowest BCUT2D eigenvalue weighted by Gasteiger charge is -2.19. The van der Waals surface area contributed by atoms with E-state index < -0.39 is 0 Å². The van der Waals surface area contributed by atoms with Crippen molar-refractivity contribution in [3.63, 3.8) is 0 Å². The van der Waals surface area contributed by atoms with Crippen molar-refractivity contribution in [3.8, 4) is 11.3 Å². The lowest BCUT2D eigenvalue weighted by molar-refractivity contribution is 0.193. The number of imidazole rings is 1. The van der Waals surface area contributed by atoms with Crippen molar-refractivity contribution in [1.82, 2.24) is 24.3 Å². The molecule has 8 nitrogen and oxygen atoms in total. The maximum absolute atomic E-state index is 13.7. The highest BCUT2D eigenvalue weighted by atomic mass is 19.1. The van der Waals surface area contributed by atoms with E-state index in [2.05, 4.69) is 26.3 Å². The van der Waals surface area contributed by atoms with Crippen LogP contribution in [-0.4, -0.2) is 51.6 Å². The van der Waals surface area contributed by atoms with Gasteiger partial charge in [0.1, 0.15) is 17.3 Å². The molecule has 1 fully saturated rings. The fourth-order valence-corrected chi connectivity index (χ4v) is 5.09. The molecule has 1 atom stereocenters. The second-order valence-electron chi connectivity index (χ2n) is 9.63. The van der Waals surface area contributed by atoms with Gasteiger partial charge in [0, 0.05) is 48.5 Å². The minimum Gasteiger partial charge on any atom is -0.381 e. The first-order valence-corrected chi connectivity index (χ1v) is 12.2. The van der Waals surface area contributed by atoms with Crippen molar-refractivity contribution >= 4 is 27.9 Å². The van der Waals surface area contributed by atoms with Gasteiger partial charge in [0.25, 0.3) is 5.56 Å². The number of aromatic nitrogens is 4. The van der Waals surface area contributed by atoms with Crippen LogP contribution in [-0.2, 0) is 11.3 Å².